The van der Waals surface area contributed by atoms with E-state index in [1.165, 1.54) is 0 Å². The van der Waals surface area contributed by atoms with Crippen LogP contribution in [0.5, 0.6) is 0 Å². The van der Waals surface area contributed by atoms with E-state index in [9.17, 15) is 4.79 Å². The van der Waals surface area contributed by atoms with E-state index in [4.69, 9.17) is 27.9 Å². The first-order chi connectivity index (χ1) is 8.40. The zero-order chi connectivity index (χ0) is 13.4. The first-order valence-corrected chi connectivity index (χ1v) is 6.42. The lowest BCUT2D eigenvalue weighted by Gasteiger charge is -2.15. The van der Waals surface area contributed by atoms with Crippen LogP contribution in [0.2, 0.25) is 0 Å². The number of carbonyl (C=O) groups is 1. The molecule has 1 aromatic rings. The van der Waals surface area contributed by atoms with Crippen LogP contribution >= 0.6 is 23.2 Å². The highest BCUT2D eigenvalue weighted by atomic mass is 35.5. The molecule has 1 atom stereocenters. The second-order valence-electron chi connectivity index (χ2n) is 4.76. The summed E-state index contributed by atoms with van der Waals surface area (Å²) >= 11 is 12.0. The molecule has 18 heavy (non-hydrogen) atoms. The zero-order valence-electron chi connectivity index (χ0n) is 10.3. The standard InChI is InChI=1S/C13H15Cl2NO2/c1-12(8-13(12,14)15)11(17)16-10-6-4-3-5-9(10)7-18-2/h3-6H,7-8H2,1-2H3,(H,16,17). The van der Waals surface area contributed by atoms with Crippen molar-refractivity contribution in [2.24, 2.45) is 5.41 Å². The summed E-state index contributed by atoms with van der Waals surface area (Å²) in [7, 11) is 1.61. The summed E-state index contributed by atoms with van der Waals surface area (Å²) in [6.45, 7) is 2.21. The molecule has 1 saturated carbocycles. The number of para-hydroxylation sites is 1. The van der Waals surface area contributed by atoms with Gasteiger partial charge in [-0.1, -0.05) is 18.2 Å². The minimum absolute atomic E-state index is 0.156. The van der Waals surface area contributed by atoms with Crippen molar-refractivity contribution >= 4 is 34.8 Å². The van der Waals surface area contributed by atoms with Crippen molar-refractivity contribution in [1.29, 1.82) is 0 Å². The molecule has 0 saturated heterocycles. The van der Waals surface area contributed by atoms with Crippen LogP contribution in [0.1, 0.15) is 18.9 Å². The molecule has 0 aliphatic heterocycles. The Morgan fingerprint density at radius 1 is 1.44 bits per heavy atom. The van der Waals surface area contributed by atoms with Crippen LogP contribution in [-0.2, 0) is 16.1 Å². The summed E-state index contributed by atoms with van der Waals surface area (Å²) in [6, 6.07) is 7.50. The number of anilines is 1. The van der Waals surface area contributed by atoms with Gasteiger partial charge in [-0.15, -0.1) is 23.2 Å². The summed E-state index contributed by atoms with van der Waals surface area (Å²) in [5.41, 5.74) is 0.949. The second-order valence-corrected chi connectivity index (χ2v) is 6.24. The summed E-state index contributed by atoms with van der Waals surface area (Å²) in [5.74, 6) is -0.156. The highest BCUT2D eigenvalue weighted by Crippen LogP contribution is 2.64. The van der Waals surface area contributed by atoms with Crippen LogP contribution in [-0.4, -0.2) is 17.4 Å². The fourth-order valence-corrected chi connectivity index (χ4v) is 2.54. The Balaban J connectivity index is 2.13. The van der Waals surface area contributed by atoms with Crippen molar-refractivity contribution < 1.29 is 9.53 Å². The third kappa shape index (κ3) is 2.35. The summed E-state index contributed by atoms with van der Waals surface area (Å²) in [5, 5.41) is 2.87. The van der Waals surface area contributed by atoms with Gasteiger partial charge in [-0.25, -0.2) is 0 Å². The van der Waals surface area contributed by atoms with Gasteiger partial charge in [0.1, 0.15) is 4.33 Å². The number of halogens is 2. The zero-order valence-corrected chi connectivity index (χ0v) is 11.8. The SMILES string of the molecule is COCc1ccccc1NC(=O)C1(C)CC1(Cl)Cl. The maximum Gasteiger partial charge on any atom is 0.233 e. The van der Waals surface area contributed by atoms with Crippen molar-refractivity contribution in [2.45, 2.75) is 24.3 Å². The van der Waals surface area contributed by atoms with Gasteiger partial charge < -0.3 is 10.1 Å². The van der Waals surface area contributed by atoms with Crippen LogP contribution in [0.25, 0.3) is 0 Å². The van der Waals surface area contributed by atoms with Gasteiger partial charge in [0.25, 0.3) is 0 Å². The third-order valence-electron chi connectivity index (χ3n) is 3.32. The molecule has 0 spiro atoms. The van der Waals surface area contributed by atoms with Crippen LogP contribution in [0.3, 0.4) is 0 Å². The van der Waals surface area contributed by atoms with E-state index < -0.39 is 9.75 Å². The predicted octanol–water partition coefficient (Wildman–Crippen LogP) is 3.36. The van der Waals surface area contributed by atoms with Crippen molar-refractivity contribution in [1.82, 2.24) is 0 Å². The fraction of sp³-hybridized carbons (Fsp3) is 0.462. The number of carbonyl (C=O) groups excluding carboxylic acids is 1. The van der Waals surface area contributed by atoms with Crippen molar-refractivity contribution in [3.63, 3.8) is 0 Å². The van der Waals surface area contributed by atoms with E-state index in [0.717, 1.165) is 11.3 Å². The first kappa shape index (κ1) is 13.7. The molecule has 0 bridgehead atoms. The van der Waals surface area contributed by atoms with E-state index in [1.54, 1.807) is 14.0 Å². The monoisotopic (exact) mass is 287 g/mol. The summed E-state index contributed by atoms with van der Waals surface area (Å²) in [4.78, 5) is 12.1. The van der Waals surface area contributed by atoms with E-state index >= 15 is 0 Å². The first-order valence-electron chi connectivity index (χ1n) is 5.67. The molecule has 1 aliphatic rings. The van der Waals surface area contributed by atoms with Gasteiger partial charge in [0.05, 0.1) is 12.0 Å². The van der Waals surface area contributed by atoms with Crippen LogP contribution < -0.4 is 5.32 Å². The fourth-order valence-electron chi connectivity index (χ4n) is 1.83. The smallest absolute Gasteiger partial charge is 0.233 e. The Hall–Kier alpha value is -0.770. The van der Waals surface area contributed by atoms with Crippen LogP contribution in [0, 0.1) is 5.41 Å². The number of hydrogen-bond acceptors (Lipinski definition) is 2. The minimum Gasteiger partial charge on any atom is -0.380 e. The number of rotatable bonds is 4. The lowest BCUT2D eigenvalue weighted by Crippen LogP contribution is -2.26. The minimum atomic E-state index is -0.951. The molecule has 1 unspecified atom stereocenters. The predicted molar refractivity (Wildman–Crippen MR) is 72.9 cm³/mol. The number of nitrogens with one attached hydrogen (secondary N) is 1. The van der Waals surface area contributed by atoms with Gasteiger partial charge in [-0.3, -0.25) is 4.79 Å². The van der Waals surface area contributed by atoms with Gasteiger partial charge in [-0.05, 0) is 19.4 Å². The third-order valence-corrected chi connectivity index (χ3v) is 4.43. The molecule has 3 nitrogen and oxygen atoms in total. The Morgan fingerprint density at radius 2 is 2.06 bits per heavy atom. The average Bonchev–Trinajstić information content (AvgIpc) is 2.83. The average molecular weight is 288 g/mol. The molecule has 5 heteroatoms. The molecule has 1 aliphatic carbocycles. The highest BCUT2D eigenvalue weighted by molar-refractivity contribution is 6.53. The number of alkyl halides is 2. The molecule has 0 radical (unpaired) electrons. The molecule has 98 valence electrons. The van der Waals surface area contributed by atoms with E-state index in [0.29, 0.717) is 13.0 Å². The lowest BCUT2D eigenvalue weighted by atomic mass is 10.1. The number of methoxy groups -OCH3 is 1. The Morgan fingerprint density at radius 3 is 2.61 bits per heavy atom. The van der Waals surface area contributed by atoms with Crippen LogP contribution in [0.4, 0.5) is 5.69 Å². The van der Waals surface area contributed by atoms with Gasteiger partial charge in [0.15, 0.2) is 0 Å². The lowest BCUT2D eigenvalue weighted by molar-refractivity contribution is -0.120. The Bertz CT molecular complexity index is 476. The molecule has 2 rings (SSSR count). The molecular weight excluding hydrogens is 273 g/mol. The maximum absolute atomic E-state index is 12.1. The highest BCUT2D eigenvalue weighted by Gasteiger charge is 2.67. The Labute approximate surface area is 116 Å². The van der Waals surface area contributed by atoms with Gasteiger partial charge in [0.2, 0.25) is 5.91 Å². The van der Waals surface area contributed by atoms with Gasteiger partial charge >= 0.3 is 0 Å². The molecular formula is C13H15Cl2NO2. The number of benzene rings is 1. The molecule has 1 amide bonds. The number of amides is 1. The van der Waals surface area contributed by atoms with Crippen molar-refractivity contribution in [3.05, 3.63) is 29.8 Å². The molecule has 1 aromatic carbocycles. The number of ether oxygens (including phenoxy) is 1. The molecule has 0 aromatic heterocycles. The second kappa shape index (κ2) is 4.72. The Kier molecular flexibility index (Phi) is 3.58. The van der Waals surface area contributed by atoms with Crippen molar-refractivity contribution in [3.8, 4) is 0 Å². The van der Waals surface area contributed by atoms with E-state index in [-0.39, 0.29) is 5.91 Å². The maximum atomic E-state index is 12.1. The summed E-state index contributed by atoms with van der Waals surface area (Å²) in [6.07, 6.45) is 0.474. The van der Waals surface area contributed by atoms with E-state index in [1.807, 2.05) is 24.3 Å². The normalized spacial score (nSPS) is 24.7. The summed E-state index contributed by atoms with van der Waals surface area (Å²) < 4.78 is 4.14. The topological polar surface area (TPSA) is 38.3 Å². The molecule has 1 N–H and O–H groups in total. The largest absolute Gasteiger partial charge is 0.380 e. The molecule has 0 heterocycles. The van der Waals surface area contributed by atoms with Crippen molar-refractivity contribution in [2.75, 3.05) is 12.4 Å². The molecule has 1 fully saturated rings. The van der Waals surface area contributed by atoms with Gasteiger partial charge in [-0.2, -0.15) is 0 Å². The quantitative estimate of drug-likeness (QED) is 0.863. The van der Waals surface area contributed by atoms with E-state index in [2.05, 4.69) is 5.32 Å². The van der Waals surface area contributed by atoms with Gasteiger partial charge in [0, 0.05) is 18.4 Å². The number of hydrogen-bond donors (Lipinski definition) is 1. The van der Waals surface area contributed by atoms with Crippen LogP contribution in [0.15, 0.2) is 24.3 Å².